The summed E-state index contributed by atoms with van der Waals surface area (Å²) in [6.45, 7) is 4.70. The summed E-state index contributed by atoms with van der Waals surface area (Å²) in [5.41, 5.74) is 9.07. The number of anilines is 3. The second-order valence-corrected chi connectivity index (χ2v) is 9.07. The molecule has 6 rings (SSSR count). The molecule has 0 heterocycles. The summed E-state index contributed by atoms with van der Waals surface area (Å²) in [6.07, 6.45) is 0. The maximum absolute atomic E-state index is 2.35. The largest absolute Gasteiger partial charge is 0.310 e. The molecule has 5 aromatic rings. The number of nitrogens with zero attached hydrogens (tertiary/aromatic N) is 1. The van der Waals surface area contributed by atoms with E-state index in [4.69, 9.17) is 0 Å². The molecule has 0 spiro atoms. The van der Waals surface area contributed by atoms with Crippen molar-refractivity contribution in [3.8, 4) is 11.1 Å². The van der Waals surface area contributed by atoms with Crippen LogP contribution >= 0.6 is 0 Å². The van der Waals surface area contributed by atoms with Crippen molar-refractivity contribution in [3.05, 3.63) is 126 Å². The summed E-state index contributed by atoms with van der Waals surface area (Å²) in [4.78, 5) is 2.33. The van der Waals surface area contributed by atoms with E-state index in [0.717, 1.165) is 11.4 Å². The van der Waals surface area contributed by atoms with Gasteiger partial charge in [0.1, 0.15) is 0 Å². The van der Waals surface area contributed by atoms with Crippen molar-refractivity contribution in [2.75, 3.05) is 4.90 Å². The quantitative estimate of drug-likeness (QED) is 0.287. The van der Waals surface area contributed by atoms with Gasteiger partial charge in [0.05, 0.1) is 0 Å². The number of rotatable bonds is 3. The van der Waals surface area contributed by atoms with Gasteiger partial charge in [-0.2, -0.15) is 0 Å². The molecule has 0 aliphatic heterocycles. The van der Waals surface area contributed by atoms with E-state index >= 15 is 0 Å². The molecule has 0 N–H and O–H groups in total. The fraction of sp³-hybridized carbons (Fsp3) is 0.0968. The summed E-state index contributed by atoms with van der Waals surface area (Å²) < 4.78 is 0. The standard InChI is InChI=1S/C31H25N/c1-31(2)29-16-10-9-15-27(29)28-19-17-22-21-25(18-20-26(22)30(28)31)32(23-11-5-3-6-12-23)24-13-7-4-8-14-24/h3-21H,1-2H3. The molecule has 1 aliphatic rings. The van der Waals surface area contributed by atoms with Crippen molar-refractivity contribution in [2.24, 2.45) is 0 Å². The summed E-state index contributed by atoms with van der Waals surface area (Å²) in [5.74, 6) is 0. The molecule has 0 saturated carbocycles. The third-order valence-corrected chi connectivity index (χ3v) is 6.81. The maximum Gasteiger partial charge on any atom is 0.0468 e. The molecule has 0 saturated heterocycles. The van der Waals surface area contributed by atoms with Crippen LogP contribution in [-0.2, 0) is 5.41 Å². The van der Waals surface area contributed by atoms with Gasteiger partial charge in [-0.1, -0.05) is 92.7 Å². The molecule has 0 fully saturated rings. The van der Waals surface area contributed by atoms with E-state index < -0.39 is 0 Å². The van der Waals surface area contributed by atoms with E-state index in [1.807, 2.05) is 0 Å². The summed E-state index contributed by atoms with van der Waals surface area (Å²) in [7, 11) is 0. The molecular formula is C31H25N. The Morgan fingerprint density at radius 3 is 1.84 bits per heavy atom. The average Bonchev–Trinajstić information content (AvgIpc) is 3.08. The lowest BCUT2D eigenvalue weighted by Gasteiger charge is -2.27. The molecule has 0 radical (unpaired) electrons. The number of hydrogen-bond acceptors (Lipinski definition) is 1. The van der Waals surface area contributed by atoms with Gasteiger partial charge in [0.2, 0.25) is 0 Å². The average molecular weight is 412 g/mol. The number of hydrogen-bond donors (Lipinski definition) is 0. The minimum atomic E-state index is -0.00843. The predicted molar refractivity (Wildman–Crippen MR) is 136 cm³/mol. The van der Waals surface area contributed by atoms with Crippen LogP contribution in [0.1, 0.15) is 25.0 Å². The Kier molecular flexibility index (Phi) is 4.19. The van der Waals surface area contributed by atoms with Gasteiger partial charge in [-0.05, 0) is 69.4 Å². The highest BCUT2D eigenvalue weighted by atomic mass is 15.1. The summed E-state index contributed by atoms with van der Waals surface area (Å²) in [5, 5.41) is 2.62. The van der Waals surface area contributed by atoms with Crippen LogP contribution in [0.15, 0.2) is 115 Å². The number of benzene rings is 5. The highest BCUT2D eigenvalue weighted by Crippen LogP contribution is 2.51. The lowest BCUT2D eigenvalue weighted by Crippen LogP contribution is -2.15. The molecule has 0 unspecified atom stereocenters. The highest BCUT2D eigenvalue weighted by Gasteiger charge is 2.36. The number of para-hydroxylation sites is 2. The van der Waals surface area contributed by atoms with E-state index in [-0.39, 0.29) is 5.41 Å². The van der Waals surface area contributed by atoms with Crippen LogP contribution in [0.25, 0.3) is 21.9 Å². The second-order valence-electron chi connectivity index (χ2n) is 9.07. The van der Waals surface area contributed by atoms with Crippen molar-refractivity contribution >= 4 is 27.8 Å². The van der Waals surface area contributed by atoms with Crippen LogP contribution in [-0.4, -0.2) is 0 Å². The first-order chi connectivity index (χ1) is 15.6. The maximum atomic E-state index is 2.35. The van der Waals surface area contributed by atoms with Crippen molar-refractivity contribution in [1.82, 2.24) is 0 Å². The van der Waals surface area contributed by atoms with Crippen LogP contribution in [0.4, 0.5) is 17.1 Å². The Hall–Kier alpha value is -3.84. The first kappa shape index (κ1) is 18.9. The van der Waals surface area contributed by atoms with Crippen molar-refractivity contribution in [1.29, 1.82) is 0 Å². The van der Waals surface area contributed by atoms with Crippen molar-refractivity contribution in [3.63, 3.8) is 0 Å². The van der Waals surface area contributed by atoms with Crippen LogP contribution < -0.4 is 4.90 Å². The Bertz CT molecular complexity index is 1390. The molecule has 1 aliphatic carbocycles. The third-order valence-electron chi connectivity index (χ3n) is 6.81. The van der Waals surface area contributed by atoms with Gasteiger partial charge >= 0.3 is 0 Å². The van der Waals surface area contributed by atoms with Crippen molar-refractivity contribution in [2.45, 2.75) is 19.3 Å². The monoisotopic (exact) mass is 411 g/mol. The van der Waals surface area contributed by atoms with E-state index in [2.05, 4.69) is 134 Å². The van der Waals surface area contributed by atoms with Crippen molar-refractivity contribution < 1.29 is 0 Å². The lowest BCUT2D eigenvalue weighted by atomic mass is 9.80. The van der Waals surface area contributed by atoms with Crippen LogP contribution in [0.5, 0.6) is 0 Å². The molecule has 154 valence electrons. The molecule has 0 atom stereocenters. The van der Waals surface area contributed by atoms with E-state index in [9.17, 15) is 0 Å². The zero-order valence-corrected chi connectivity index (χ0v) is 18.4. The fourth-order valence-electron chi connectivity index (χ4n) is 5.35. The van der Waals surface area contributed by atoms with Gasteiger partial charge in [-0.25, -0.2) is 0 Å². The van der Waals surface area contributed by atoms with Crippen LogP contribution in [0, 0.1) is 0 Å². The molecule has 1 heteroatoms. The normalized spacial score (nSPS) is 13.6. The molecule has 0 aromatic heterocycles. The molecule has 0 amide bonds. The first-order valence-corrected chi connectivity index (χ1v) is 11.2. The van der Waals surface area contributed by atoms with Gasteiger partial charge in [0.15, 0.2) is 0 Å². The van der Waals surface area contributed by atoms with Gasteiger partial charge in [0.25, 0.3) is 0 Å². The summed E-state index contributed by atoms with van der Waals surface area (Å²) >= 11 is 0. The van der Waals surface area contributed by atoms with Gasteiger partial charge in [0, 0.05) is 22.5 Å². The molecule has 32 heavy (non-hydrogen) atoms. The van der Waals surface area contributed by atoms with Gasteiger partial charge in [-0.15, -0.1) is 0 Å². The van der Waals surface area contributed by atoms with Crippen LogP contribution in [0.2, 0.25) is 0 Å². The van der Waals surface area contributed by atoms with Gasteiger partial charge < -0.3 is 4.90 Å². The van der Waals surface area contributed by atoms with E-state index in [1.54, 1.807) is 0 Å². The smallest absolute Gasteiger partial charge is 0.0468 e. The highest BCUT2D eigenvalue weighted by molar-refractivity contribution is 5.99. The van der Waals surface area contributed by atoms with E-state index in [0.29, 0.717) is 0 Å². The third kappa shape index (κ3) is 2.78. The number of fused-ring (bicyclic) bond motifs is 5. The Balaban J connectivity index is 1.55. The Labute approximate surface area is 189 Å². The summed E-state index contributed by atoms with van der Waals surface area (Å²) in [6, 6.07) is 41.5. The second kappa shape index (κ2) is 7.10. The minimum Gasteiger partial charge on any atom is -0.310 e. The molecular weight excluding hydrogens is 386 g/mol. The fourth-order valence-corrected chi connectivity index (χ4v) is 5.35. The first-order valence-electron chi connectivity index (χ1n) is 11.2. The Morgan fingerprint density at radius 1 is 0.531 bits per heavy atom. The topological polar surface area (TPSA) is 3.24 Å². The predicted octanol–water partition coefficient (Wildman–Crippen LogP) is 8.62. The zero-order chi connectivity index (χ0) is 21.7. The molecule has 5 aromatic carbocycles. The molecule has 1 nitrogen and oxygen atoms in total. The van der Waals surface area contributed by atoms with Crippen LogP contribution in [0.3, 0.4) is 0 Å². The van der Waals surface area contributed by atoms with E-state index in [1.165, 1.54) is 38.7 Å². The van der Waals surface area contributed by atoms with Gasteiger partial charge in [-0.3, -0.25) is 0 Å². The lowest BCUT2D eigenvalue weighted by molar-refractivity contribution is 0.666. The SMILES string of the molecule is CC1(C)c2ccccc2-c2ccc3cc(N(c4ccccc4)c4ccccc4)ccc3c21. The molecule has 0 bridgehead atoms. The minimum absolute atomic E-state index is 0.00843. The Morgan fingerprint density at radius 2 is 1.16 bits per heavy atom. The zero-order valence-electron chi connectivity index (χ0n) is 18.4.